The van der Waals surface area contributed by atoms with Gasteiger partial charge in [0, 0.05) is 13.1 Å². The Morgan fingerprint density at radius 3 is 2.37 bits per heavy atom. The van der Waals surface area contributed by atoms with Gasteiger partial charge in [-0.2, -0.15) is 4.31 Å². The van der Waals surface area contributed by atoms with E-state index in [1.807, 2.05) is 0 Å². The van der Waals surface area contributed by atoms with E-state index in [0.717, 1.165) is 25.7 Å². The lowest BCUT2D eigenvalue weighted by molar-refractivity contribution is 0.281. The average molecular weight is 304 g/mol. The minimum absolute atomic E-state index is 0.0996. The zero-order valence-corrected chi connectivity index (χ0v) is 12.3. The highest BCUT2D eigenvalue weighted by atomic mass is 35.5. The summed E-state index contributed by atoms with van der Waals surface area (Å²) in [5.74, 6) is 0. The normalized spacial score (nSPS) is 18.2. The smallest absolute Gasteiger partial charge is 0.244 e. The summed E-state index contributed by atoms with van der Waals surface area (Å²) in [6, 6.07) is 4.62. The molecule has 19 heavy (non-hydrogen) atoms. The fourth-order valence-corrected chi connectivity index (χ4v) is 4.31. The molecular formula is C13H18ClNO3S. The van der Waals surface area contributed by atoms with Crippen LogP contribution < -0.4 is 0 Å². The van der Waals surface area contributed by atoms with Crippen molar-refractivity contribution in [1.29, 1.82) is 0 Å². The molecule has 1 aromatic carbocycles. The molecule has 1 aromatic rings. The van der Waals surface area contributed by atoms with Gasteiger partial charge in [-0.1, -0.05) is 30.5 Å². The molecule has 0 amide bonds. The molecule has 1 N–H and O–H groups in total. The highest BCUT2D eigenvalue weighted by Gasteiger charge is 2.27. The third-order valence-corrected chi connectivity index (χ3v) is 5.74. The van der Waals surface area contributed by atoms with Gasteiger partial charge >= 0.3 is 0 Å². The van der Waals surface area contributed by atoms with Crippen molar-refractivity contribution in [2.45, 2.75) is 37.2 Å². The Balaban J connectivity index is 2.37. The van der Waals surface area contributed by atoms with Crippen LogP contribution in [0.3, 0.4) is 0 Å². The van der Waals surface area contributed by atoms with Crippen LogP contribution in [0.5, 0.6) is 0 Å². The standard InChI is InChI=1S/C13H18ClNO3S/c14-12-6-5-11(10-16)9-13(12)19(17,18)15-7-3-1-2-4-8-15/h5-6,9,16H,1-4,7-8,10H2. The van der Waals surface area contributed by atoms with E-state index in [1.165, 1.54) is 16.4 Å². The highest BCUT2D eigenvalue weighted by Crippen LogP contribution is 2.27. The predicted molar refractivity (Wildman–Crippen MR) is 74.6 cm³/mol. The van der Waals surface area contributed by atoms with Gasteiger partial charge in [0.2, 0.25) is 10.0 Å². The van der Waals surface area contributed by atoms with Gasteiger partial charge in [0.1, 0.15) is 4.90 Å². The lowest BCUT2D eigenvalue weighted by atomic mass is 10.2. The SMILES string of the molecule is O=S(=O)(c1cc(CO)ccc1Cl)N1CCCCCC1. The van der Waals surface area contributed by atoms with Crippen LogP contribution in [0.2, 0.25) is 5.02 Å². The molecule has 0 saturated carbocycles. The summed E-state index contributed by atoms with van der Waals surface area (Å²) < 4.78 is 26.7. The first-order valence-corrected chi connectivity index (χ1v) is 8.27. The Bertz CT molecular complexity index is 537. The maximum Gasteiger partial charge on any atom is 0.244 e. The van der Waals surface area contributed by atoms with Gasteiger partial charge < -0.3 is 5.11 Å². The third-order valence-electron chi connectivity index (χ3n) is 3.36. The first kappa shape index (κ1) is 14.8. The monoisotopic (exact) mass is 303 g/mol. The average Bonchev–Trinajstić information content (AvgIpc) is 2.68. The van der Waals surface area contributed by atoms with Gasteiger partial charge in [-0.3, -0.25) is 0 Å². The van der Waals surface area contributed by atoms with Crippen LogP contribution in [0.1, 0.15) is 31.2 Å². The number of benzene rings is 1. The van der Waals surface area contributed by atoms with Crippen molar-refractivity contribution in [1.82, 2.24) is 4.31 Å². The summed E-state index contributed by atoms with van der Waals surface area (Å²) in [4.78, 5) is 0.0996. The number of nitrogens with zero attached hydrogens (tertiary/aromatic N) is 1. The molecule has 0 atom stereocenters. The maximum absolute atomic E-state index is 12.6. The minimum Gasteiger partial charge on any atom is -0.392 e. The lowest BCUT2D eigenvalue weighted by Gasteiger charge is -2.20. The molecule has 0 aliphatic carbocycles. The summed E-state index contributed by atoms with van der Waals surface area (Å²) in [5, 5.41) is 9.33. The number of hydrogen-bond acceptors (Lipinski definition) is 3. The number of hydrogen-bond donors (Lipinski definition) is 1. The van der Waals surface area contributed by atoms with Crippen molar-refractivity contribution in [2.75, 3.05) is 13.1 Å². The van der Waals surface area contributed by atoms with Crippen LogP contribution in [0.15, 0.2) is 23.1 Å². The molecule has 1 fully saturated rings. The molecule has 6 heteroatoms. The Kier molecular flexibility index (Phi) is 4.84. The van der Waals surface area contributed by atoms with E-state index in [0.29, 0.717) is 18.7 Å². The Hall–Kier alpha value is -0.620. The summed E-state index contributed by atoms with van der Waals surface area (Å²) in [6.45, 7) is 0.893. The van der Waals surface area contributed by atoms with Gasteiger partial charge in [0.25, 0.3) is 0 Å². The summed E-state index contributed by atoms with van der Waals surface area (Å²) in [6.07, 6.45) is 3.90. The molecule has 1 heterocycles. The minimum atomic E-state index is -3.56. The second-order valence-electron chi connectivity index (χ2n) is 4.74. The van der Waals surface area contributed by atoms with Crippen molar-refractivity contribution in [3.05, 3.63) is 28.8 Å². The molecule has 0 spiro atoms. The molecule has 1 aliphatic heterocycles. The molecule has 2 rings (SSSR count). The number of aliphatic hydroxyl groups is 1. The van der Waals surface area contributed by atoms with Gasteiger partial charge in [-0.25, -0.2) is 8.42 Å². The summed E-state index contributed by atoms with van der Waals surface area (Å²) >= 11 is 6.01. The molecule has 4 nitrogen and oxygen atoms in total. The first-order valence-electron chi connectivity index (χ1n) is 6.45. The number of halogens is 1. The van der Waals surface area contributed by atoms with Crippen LogP contribution >= 0.6 is 11.6 Å². The number of sulfonamides is 1. The van der Waals surface area contributed by atoms with E-state index >= 15 is 0 Å². The van der Waals surface area contributed by atoms with Crippen molar-refractivity contribution in [3.8, 4) is 0 Å². The Labute approximate surface area is 119 Å². The third kappa shape index (κ3) is 3.28. The second-order valence-corrected chi connectivity index (χ2v) is 7.05. The highest BCUT2D eigenvalue weighted by molar-refractivity contribution is 7.89. The van der Waals surface area contributed by atoms with Crippen molar-refractivity contribution in [3.63, 3.8) is 0 Å². The molecule has 1 saturated heterocycles. The summed E-state index contributed by atoms with van der Waals surface area (Å²) in [5.41, 5.74) is 0.554. The predicted octanol–water partition coefficient (Wildman–Crippen LogP) is 2.40. The molecule has 0 aromatic heterocycles. The van der Waals surface area contributed by atoms with E-state index in [-0.39, 0.29) is 16.5 Å². The molecule has 1 aliphatic rings. The molecule has 106 valence electrons. The molecule has 0 bridgehead atoms. The largest absolute Gasteiger partial charge is 0.392 e. The first-order chi connectivity index (χ1) is 9.05. The quantitative estimate of drug-likeness (QED) is 0.933. The van der Waals surface area contributed by atoms with Crippen molar-refractivity contribution in [2.24, 2.45) is 0 Å². The molecule has 0 unspecified atom stereocenters. The van der Waals surface area contributed by atoms with Crippen LogP contribution in [0.25, 0.3) is 0 Å². The van der Waals surface area contributed by atoms with Crippen molar-refractivity contribution < 1.29 is 13.5 Å². The Morgan fingerprint density at radius 2 is 1.79 bits per heavy atom. The zero-order chi connectivity index (χ0) is 13.9. The summed E-state index contributed by atoms with van der Waals surface area (Å²) in [7, 11) is -3.56. The fraction of sp³-hybridized carbons (Fsp3) is 0.538. The van der Waals surface area contributed by atoms with Gasteiger partial charge in [-0.05, 0) is 30.5 Å². The lowest BCUT2D eigenvalue weighted by Crippen LogP contribution is -2.32. The molecular weight excluding hydrogens is 286 g/mol. The van der Waals surface area contributed by atoms with E-state index in [4.69, 9.17) is 16.7 Å². The Morgan fingerprint density at radius 1 is 1.16 bits per heavy atom. The van der Waals surface area contributed by atoms with E-state index in [1.54, 1.807) is 6.07 Å². The van der Waals surface area contributed by atoms with Gasteiger partial charge in [-0.15, -0.1) is 0 Å². The number of aliphatic hydroxyl groups excluding tert-OH is 1. The van der Waals surface area contributed by atoms with Crippen LogP contribution in [0.4, 0.5) is 0 Å². The van der Waals surface area contributed by atoms with Crippen LogP contribution in [0, 0.1) is 0 Å². The molecule has 0 radical (unpaired) electrons. The van der Waals surface area contributed by atoms with Crippen LogP contribution in [-0.2, 0) is 16.6 Å². The fourth-order valence-electron chi connectivity index (χ4n) is 2.26. The second kappa shape index (κ2) is 6.22. The maximum atomic E-state index is 12.6. The van der Waals surface area contributed by atoms with E-state index < -0.39 is 10.0 Å². The van der Waals surface area contributed by atoms with Gasteiger partial charge in [0.05, 0.1) is 11.6 Å². The van der Waals surface area contributed by atoms with Crippen molar-refractivity contribution >= 4 is 21.6 Å². The topological polar surface area (TPSA) is 57.6 Å². The van der Waals surface area contributed by atoms with E-state index in [9.17, 15) is 8.42 Å². The zero-order valence-electron chi connectivity index (χ0n) is 10.7. The number of rotatable bonds is 3. The van der Waals surface area contributed by atoms with Gasteiger partial charge in [0.15, 0.2) is 0 Å². The van der Waals surface area contributed by atoms with Crippen LogP contribution in [-0.4, -0.2) is 30.9 Å². The van der Waals surface area contributed by atoms with E-state index in [2.05, 4.69) is 0 Å².